The Labute approximate surface area is 169 Å². The summed E-state index contributed by atoms with van der Waals surface area (Å²) in [6.07, 6.45) is 1.07. The third-order valence-corrected chi connectivity index (χ3v) is 6.18. The van der Waals surface area contributed by atoms with Crippen LogP contribution in [0.4, 0.5) is 4.79 Å². The minimum absolute atomic E-state index is 0.0129. The molecule has 2 heterocycles. The summed E-state index contributed by atoms with van der Waals surface area (Å²) < 4.78 is 31.5. The number of fused-ring (bicyclic) bond motifs is 1. The Morgan fingerprint density at radius 3 is 2.72 bits per heavy atom. The van der Waals surface area contributed by atoms with Crippen molar-refractivity contribution in [2.24, 2.45) is 0 Å². The summed E-state index contributed by atoms with van der Waals surface area (Å²) >= 11 is 6.23. The first-order chi connectivity index (χ1) is 13.8. The van der Waals surface area contributed by atoms with Crippen LogP contribution >= 0.6 is 11.6 Å². The molecule has 0 bridgehead atoms. The fraction of sp³-hybridized carbons (Fsp3) is 0.0556. The molecule has 0 saturated heterocycles. The minimum Gasteiger partial charge on any atom is -0.449 e. The average molecular weight is 433 g/mol. The Bertz CT molecular complexity index is 1310. The fourth-order valence-electron chi connectivity index (χ4n) is 2.79. The Kier molecular flexibility index (Phi) is 4.73. The molecule has 148 valence electrons. The number of sulfone groups is 1. The second kappa shape index (κ2) is 7.22. The van der Waals surface area contributed by atoms with Crippen LogP contribution < -0.4 is 4.74 Å². The van der Waals surface area contributed by atoms with E-state index in [2.05, 4.69) is 19.8 Å². The molecule has 0 aliphatic rings. The highest BCUT2D eigenvalue weighted by Crippen LogP contribution is 2.29. The number of imidazole rings is 1. The molecule has 2 N–H and O–H groups in total. The summed E-state index contributed by atoms with van der Waals surface area (Å²) in [5.74, 6) is 0.0748. The number of halogens is 1. The van der Waals surface area contributed by atoms with E-state index in [4.69, 9.17) is 16.7 Å². The average Bonchev–Trinajstić information content (AvgIpc) is 3.27. The highest BCUT2D eigenvalue weighted by Gasteiger charge is 2.21. The molecule has 4 aromatic rings. The molecule has 0 radical (unpaired) electrons. The molecule has 2 aromatic carbocycles. The number of hydrogen-bond acceptors (Lipinski definition) is 6. The number of nitrogens with one attached hydrogen (secondary N) is 1. The van der Waals surface area contributed by atoms with Crippen LogP contribution in [0.3, 0.4) is 0 Å². The summed E-state index contributed by atoms with van der Waals surface area (Å²) in [5, 5.41) is 12.7. The lowest BCUT2D eigenvalue weighted by atomic mass is 10.2. The molecule has 0 atom stereocenters. The van der Waals surface area contributed by atoms with Crippen molar-refractivity contribution in [3.63, 3.8) is 0 Å². The fourth-order valence-corrected chi connectivity index (χ4v) is 4.74. The zero-order chi connectivity index (χ0) is 20.6. The van der Waals surface area contributed by atoms with Gasteiger partial charge < -0.3 is 14.8 Å². The van der Waals surface area contributed by atoms with E-state index in [9.17, 15) is 13.2 Å². The molecule has 2 aromatic heterocycles. The summed E-state index contributed by atoms with van der Waals surface area (Å²) in [4.78, 5) is 17.8. The van der Waals surface area contributed by atoms with Crippen LogP contribution in [0.1, 0.15) is 5.56 Å². The van der Waals surface area contributed by atoms with E-state index in [1.807, 2.05) is 6.07 Å². The van der Waals surface area contributed by atoms with Crippen molar-refractivity contribution in [2.75, 3.05) is 0 Å². The van der Waals surface area contributed by atoms with Gasteiger partial charge in [0.05, 0.1) is 39.1 Å². The predicted molar refractivity (Wildman–Crippen MR) is 104 cm³/mol. The number of ether oxygens (including phenoxy) is 1. The van der Waals surface area contributed by atoms with Gasteiger partial charge in [-0.2, -0.15) is 5.10 Å². The molecule has 4 rings (SSSR count). The van der Waals surface area contributed by atoms with Gasteiger partial charge in [0.2, 0.25) is 5.95 Å². The standard InChI is InChI=1S/C18H13ClN4O5S/c19-13-6-14-15(7-16(13)29(26,27)10-11-4-2-1-3-5-11)22-17(21-14)23-9-12(8-20-23)28-18(24)25/h1-9H,10H2,(H,21,22)(H,24,25). The van der Waals surface area contributed by atoms with E-state index in [1.54, 1.807) is 24.3 Å². The van der Waals surface area contributed by atoms with Crippen LogP contribution in [-0.2, 0) is 15.6 Å². The van der Waals surface area contributed by atoms with Crippen molar-refractivity contribution in [1.82, 2.24) is 19.7 Å². The van der Waals surface area contributed by atoms with Gasteiger partial charge in [-0.25, -0.2) is 22.9 Å². The molecule has 0 aliphatic heterocycles. The van der Waals surface area contributed by atoms with Crippen LogP contribution in [-0.4, -0.2) is 39.4 Å². The van der Waals surface area contributed by atoms with Crippen LogP contribution in [0.5, 0.6) is 5.75 Å². The maximum Gasteiger partial charge on any atom is 0.511 e. The zero-order valence-electron chi connectivity index (χ0n) is 14.6. The first-order valence-corrected chi connectivity index (χ1v) is 10.3. The number of benzene rings is 2. The number of H-pyrrole nitrogens is 1. The van der Waals surface area contributed by atoms with E-state index >= 15 is 0 Å². The van der Waals surface area contributed by atoms with Gasteiger partial charge in [0.1, 0.15) is 0 Å². The van der Waals surface area contributed by atoms with Crippen molar-refractivity contribution in [3.8, 4) is 11.7 Å². The van der Waals surface area contributed by atoms with Gasteiger partial charge in [-0.05, 0) is 17.7 Å². The predicted octanol–water partition coefficient (Wildman–Crippen LogP) is 3.43. The number of carbonyl (C=O) groups is 1. The largest absolute Gasteiger partial charge is 0.511 e. The highest BCUT2D eigenvalue weighted by molar-refractivity contribution is 7.90. The van der Waals surface area contributed by atoms with Crippen molar-refractivity contribution < 1.29 is 23.1 Å². The third kappa shape index (κ3) is 3.93. The Morgan fingerprint density at radius 1 is 1.24 bits per heavy atom. The molecule has 0 aliphatic carbocycles. The normalized spacial score (nSPS) is 11.6. The smallest absolute Gasteiger partial charge is 0.449 e. The van der Waals surface area contributed by atoms with Gasteiger partial charge in [-0.1, -0.05) is 41.9 Å². The van der Waals surface area contributed by atoms with Gasteiger partial charge in [0, 0.05) is 0 Å². The lowest BCUT2D eigenvalue weighted by Gasteiger charge is -2.07. The molecule has 29 heavy (non-hydrogen) atoms. The molecule has 0 spiro atoms. The first-order valence-electron chi connectivity index (χ1n) is 8.23. The van der Waals surface area contributed by atoms with Crippen molar-refractivity contribution in [2.45, 2.75) is 10.6 Å². The minimum atomic E-state index is -3.69. The maximum atomic E-state index is 12.8. The summed E-state index contributed by atoms with van der Waals surface area (Å²) in [6.45, 7) is 0. The molecule has 11 heteroatoms. The molecule has 0 saturated carbocycles. The van der Waals surface area contributed by atoms with Gasteiger partial charge in [-0.3, -0.25) is 0 Å². The van der Waals surface area contributed by atoms with Crippen LogP contribution in [0, 0.1) is 0 Å². The summed E-state index contributed by atoms with van der Waals surface area (Å²) in [5.41, 5.74) is 1.52. The van der Waals surface area contributed by atoms with Gasteiger partial charge in [0.25, 0.3) is 0 Å². The van der Waals surface area contributed by atoms with E-state index < -0.39 is 16.0 Å². The topological polar surface area (TPSA) is 127 Å². The molecule has 9 nitrogen and oxygen atoms in total. The van der Waals surface area contributed by atoms with E-state index in [0.717, 1.165) is 0 Å². The summed E-state index contributed by atoms with van der Waals surface area (Å²) in [7, 11) is -3.69. The lowest BCUT2D eigenvalue weighted by Crippen LogP contribution is -2.05. The quantitative estimate of drug-likeness (QED) is 0.462. The zero-order valence-corrected chi connectivity index (χ0v) is 16.2. The van der Waals surface area contributed by atoms with Gasteiger partial charge in [0.15, 0.2) is 15.6 Å². The van der Waals surface area contributed by atoms with E-state index in [0.29, 0.717) is 16.6 Å². The second-order valence-corrected chi connectivity index (χ2v) is 8.46. The van der Waals surface area contributed by atoms with Crippen molar-refractivity contribution in [3.05, 3.63) is 65.4 Å². The number of aromatic nitrogens is 4. The number of aromatic amines is 1. The SMILES string of the molecule is O=C(O)Oc1cnn(-c2nc3cc(Cl)c(S(=O)(=O)Cc4ccccc4)cc3[nH]2)c1. The van der Waals surface area contributed by atoms with E-state index in [1.165, 1.54) is 29.2 Å². The highest BCUT2D eigenvalue weighted by atomic mass is 35.5. The van der Waals surface area contributed by atoms with Crippen molar-refractivity contribution in [1.29, 1.82) is 0 Å². The molecule has 0 amide bonds. The Hall–Kier alpha value is -3.37. The summed E-state index contributed by atoms with van der Waals surface area (Å²) in [6, 6.07) is 11.7. The van der Waals surface area contributed by atoms with E-state index in [-0.39, 0.29) is 27.4 Å². The Balaban J connectivity index is 1.70. The molecular weight excluding hydrogens is 420 g/mol. The molecule has 0 unspecified atom stereocenters. The number of rotatable bonds is 5. The number of carboxylic acid groups (broad SMARTS) is 1. The Morgan fingerprint density at radius 2 is 2.00 bits per heavy atom. The third-order valence-electron chi connectivity index (χ3n) is 4.04. The van der Waals surface area contributed by atoms with Crippen molar-refractivity contribution >= 4 is 38.6 Å². The van der Waals surface area contributed by atoms with Crippen LogP contribution in [0.15, 0.2) is 59.8 Å². The molecular formula is C18H13ClN4O5S. The second-order valence-electron chi connectivity index (χ2n) is 6.09. The monoisotopic (exact) mass is 432 g/mol. The number of hydrogen-bond donors (Lipinski definition) is 2. The van der Waals surface area contributed by atoms with Gasteiger partial charge in [-0.15, -0.1) is 0 Å². The van der Waals surface area contributed by atoms with Crippen LogP contribution in [0.2, 0.25) is 5.02 Å². The van der Waals surface area contributed by atoms with Gasteiger partial charge >= 0.3 is 6.16 Å². The van der Waals surface area contributed by atoms with Crippen LogP contribution in [0.25, 0.3) is 17.0 Å². The first kappa shape index (κ1) is 19.0. The number of nitrogens with zero attached hydrogens (tertiary/aromatic N) is 3. The molecule has 0 fully saturated rings. The lowest BCUT2D eigenvalue weighted by molar-refractivity contribution is 0.144. The maximum absolute atomic E-state index is 12.8.